The van der Waals surface area contributed by atoms with Crippen molar-refractivity contribution in [1.29, 1.82) is 0 Å². The van der Waals surface area contributed by atoms with E-state index >= 15 is 0 Å². The Morgan fingerprint density at radius 2 is 1.81 bits per heavy atom. The number of nitrogens with one attached hydrogen (secondary N) is 2. The highest BCUT2D eigenvalue weighted by atomic mass is 19.1. The fourth-order valence-corrected chi connectivity index (χ4v) is 3.61. The first-order valence-corrected chi connectivity index (χ1v) is 10.8. The van der Waals surface area contributed by atoms with Gasteiger partial charge in [0.1, 0.15) is 11.6 Å². The smallest absolute Gasteiger partial charge is 0.318 e. The van der Waals surface area contributed by atoms with Gasteiger partial charge in [0.15, 0.2) is 0 Å². The van der Waals surface area contributed by atoms with Gasteiger partial charge in [0, 0.05) is 24.2 Å². The Bertz CT molecular complexity index is 852. The number of rotatable bonds is 8. The number of piperidine rings is 1. The summed E-state index contributed by atoms with van der Waals surface area (Å²) in [6, 6.07) is 11.2. The maximum atomic E-state index is 14.2. The van der Waals surface area contributed by atoms with Gasteiger partial charge in [-0.05, 0) is 57.0 Å². The molecule has 0 bridgehead atoms. The fraction of sp³-hybridized carbons (Fsp3) is 0.458. The van der Waals surface area contributed by atoms with Gasteiger partial charge in [-0.2, -0.15) is 0 Å². The van der Waals surface area contributed by atoms with Crippen molar-refractivity contribution in [3.8, 4) is 0 Å². The van der Waals surface area contributed by atoms with Crippen molar-refractivity contribution in [3.63, 3.8) is 0 Å². The Hall–Kier alpha value is -2.51. The molecule has 2 aromatic rings. The molecule has 5 nitrogen and oxygen atoms in total. The predicted molar refractivity (Wildman–Crippen MR) is 116 cm³/mol. The molecule has 31 heavy (non-hydrogen) atoms. The lowest BCUT2D eigenvalue weighted by atomic mass is 10.0. The molecule has 1 fully saturated rings. The summed E-state index contributed by atoms with van der Waals surface area (Å²) >= 11 is 0. The third-order valence-electron chi connectivity index (χ3n) is 5.42. The average molecular weight is 432 g/mol. The number of ether oxygens (including phenoxy) is 1. The minimum atomic E-state index is -0.633. The highest BCUT2D eigenvalue weighted by Gasteiger charge is 2.26. The number of amides is 2. The van der Waals surface area contributed by atoms with Gasteiger partial charge in [0.25, 0.3) is 0 Å². The largest absolute Gasteiger partial charge is 0.374 e. The summed E-state index contributed by atoms with van der Waals surface area (Å²) in [5.74, 6) is -1.26. The summed E-state index contributed by atoms with van der Waals surface area (Å²) in [7, 11) is 0. The van der Waals surface area contributed by atoms with Crippen molar-refractivity contribution < 1.29 is 18.3 Å². The first-order chi connectivity index (χ1) is 14.9. The van der Waals surface area contributed by atoms with Crippen LogP contribution in [0.1, 0.15) is 43.4 Å². The molecule has 7 heteroatoms. The van der Waals surface area contributed by atoms with Crippen LogP contribution in [0.3, 0.4) is 0 Å². The van der Waals surface area contributed by atoms with Crippen molar-refractivity contribution in [2.75, 3.05) is 13.1 Å². The van der Waals surface area contributed by atoms with E-state index in [9.17, 15) is 13.6 Å². The number of benzene rings is 2. The third kappa shape index (κ3) is 7.01. The lowest BCUT2D eigenvalue weighted by Crippen LogP contribution is -2.49. The second-order valence-electron chi connectivity index (χ2n) is 8.18. The number of carbonyl (C=O) groups excluding carboxylic acids is 1. The molecule has 0 radical (unpaired) electrons. The van der Waals surface area contributed by atoms with Crippen molar-refractivity contribution in [3.05, 3.63) is 70.8 Å². The lowest BCUT2D eigenvalue weighted by Gasteiger charge is -2.35. The van der Waals surface area contributed by atoms with Gasteiger partial charge in [-0.25, -0.2) is 13.6 Å². The monoisotopic (exact) mass is 431 g/mol. The molecular weight excluding hydrogens is 400 g/mol. The van der Waals surface area contributed by atoms with E-state index in [-0.39, 0.29) is 24.7 Å². The van der Waals surface area contributed by atoms with Gasteiger partial charge in [-0.3, -0.25) is 0 Å². The first kappa shape index (κ1) is 23.2. The third-order valence-corrected chi connectivity index (χ3v) is 5.42. The van der Waals surface area contributed by atoms with Gasteiger partial charge in [-0.1, -0.05) is 30.3 Å². The number of hydrogen-bond donors (Lipinski definition) is 2. The van der Waals surface area contributed by atoms with Crippen LogP contribution in [-0.2, 0) is 24.4 Å². The van der Waals surface area contributed by atoms with Crippen molar-refractivity contribution >= 4 is 6.03 Å². The Labute approximate surface area is 182 Å². The van der Waals surface area contributed by atoms with Gasteiger partial charge in [0.2, 0.25) is 0 Å². The molecule has 168 valence electrons. The Balaban J connectivity index is 1.64. The first-order valence-electron chi connectivity index (χ1n) is 10.8. The number of carbonyl (C=O) groups is 1. The highest BCUT2D eigenvalue weighted by molar-refractivity contribution is 5.74. The van der Waals surface area contributed by atoms with Crippen LogP contribution in [0.4, 0.5) is 13.6 Å². The maximum Gasteiger partial charge on any atom is 0.318 e. The molecule has 1 aliphatic rings. The van der Waals surface area contributed by atoms with Crippen molar-refractivity contribution in [2.24, 2.45) is 0 Å². The van der Waals surface area contributed by atoms with E-state index in [1.165, 1.54) is 12.1 Å². The molecule has 2 N–H and O–H groups in total. The topological polar surface area (TPSA) is 53.6 Å². The van der Waals surface area contributed by atoms with Crippen LogP contribution in [0.5, 0.6) is 0 Å². The second-order valence-corrected chi connectivity index (χ2v) is 8.18. The summed E-state index contributed by atoms with van der Waals surface area (Å²) in [6.07, 6.45) is 1.76. The zero-order valence-electron chi connectivity index (χ0n) is 18.2. The van der Waals surface area contributed by atoms with Crippen LogP contribution in [0.2, 0.25) is 0 Å². The maximum absolute atomic E-state index is 14.2. The molecule has 1 heterocycles. The highest BCUT2D eigenvalue weighted by Crippen LogP contribution is 2.19. The van der Waals surface area contributed by atoms with Crippen LogP contribution in [0.15, 0.2) is 42.5 Å². The molecule has 1 aliphatic heterocycles. The fourth-order valence-electron chi connectivity index (χ4n) is 3.61. The summed E-state index contributed by atoms with van der Waals surface area (Å²) in [5.41, 5.74) is 2.36. The summed E-state index contributed by atoms with van der Waals surface area (Å²) in [4.78, 5) is 14.7. The van der Waals surface area contributed by atoms with Crippen LogP contribution >= 0.6 is 0 Å². The van der Waals surface area contributed by atoms with E-state index in [1.807, 2.05) is 38.1 Å². The van der Waals surface area contributed by atoms with E-state index in [4.69, 9.17) is 4.74 Å². The predicted octanol–water partition coefficient (Wildman–Crippen LogP) is 4.35. The molecule has 2 aromatic carbocycles. The molecule has 1 saturated heterocycles. The standard InChI is InChI=1S/C24H31F2N3O2/c1-17(2)31-16-19-5-3-18(4-6-19)14-28-24(30)29(22-9-11-27-12-10-22)15-20-7-8-21(25)13-23(20)26/h3-8,13,17,22,27H,9-12,14-16H2,1-2H3,(H,28,30). The molecule has 0 saturated carbocycles. The lowest BCUT2D eigenvalue weighted by molar-refractivity contribution is 0.0657. The van der Waals surface area contributed by atoms with E-state index in [2.05, 4.69) is 10.6 Å². The molecule has 0 atom stereocenters. The minimum Gasteiger partial charge on any atom is -0.374 e. The quantitative estimate of drug-likeness (QED) is 0.653. The van der Waals surface area contributed by atoms with Gasteiger partial charge in [-0.15, -0.1) is 0 Å². The minimum absolute atomic E-state index is 0.00117. The molecular formula is C24H31F2N3O2. The van der Waals surface area contributed by atoms with Gasteiger partial charge < -0.3 is 20.3 Å². The molecule has 3 rings (SSSR count). The Morgan fingerprint density at radius 1 is 1.13 bits per heavy atom. The van der Waals surface area contributed by atoms with Crippen LogP contribution in [-0.4, -0.2) is 36.2 Å². The normalized spacial score (nSPS) is 14.6. The molecule has 2 amide bonds. The van der Waals surface area contributed by atoms with Crippen LogP contribution in [0.25, 0.3) is 0 Å². The molecule has 0 aliphatic carbocycles. The van der Waals surface area contributed by atoms with Crippen LogP contribution < -0.4 is 10.6 Å². The Morgan fingerprint density at radius 3 is 2.45 bits per heavy atom. The van der Waals surface area contributed by atoms with E-state index < -0.39 is 11.6 Å². The van der Waals surface area contributed by atoms with E-state index in [0.717, 1.165) is 43.1 Å². The second kappa shape index (κ2) is 11.2. The summed E-state index contributed by atoms with van der Waals surface area (Å²) < 4.78 is 33.1. The Kier molecular flexibility index (Phi) is 8.37. The number of urea groups is 1. The SMILES string of the molecule is CC(C)OCc1ccc(CNC(=O)N(Cc2ccc(F)cc2F)C2CCNCC2)cc1. The zero-order valence-corrected chi connectivity index (χ0v) is 18.2. The van der Waals surface area contributed by atoms with E-state index in [0.29, 0.717) is 18.7 Å². The van der Waals surface area contributed by atoms with Crippen molar-refractivity contribution in [1.82, 2.24) is 15.5 Å². The number of nitrogens with zero attached hydrogens (tertiary/aromatic N) is 1. The number of hydrogen-bond acceptors (Lipinski definition) is 3. The summed E-state index contributed by atoms with van der Waals surface area (Å²) in [6.45, 7) is 6.63. The van der Waals surface area contributed by atoms with Gasteiger partial charge in [0.05, 0.1) is 19.3 Å². The zero-order chi connectivity index (χ0) is 22.2. The molecule has 0 spiro atoms. The average Bonchev–Trinajstić information content (AvgIpc) is 2.77. The number of halogens is 2. The van der Waals surface area contributed by atoms with E-state index in [1.54, 1.807) is 4.90 Å². The van der Waals surface area contributed by atoms with Gasteiger partial charge >= 0.3 is 6.03 Å². The summed E-state index contributed by atoms with van der Waals surface area (Å²) in [5, 5.41) is 6.24. The van der Waals surface area contributed by atoms with Crippen LogP contribution in [0, 0.1) is 11.6 Å². The molecule has 0 unspecified atom stereocenters. The molecule has 0 aromatic heterocycles. The van der Waals surface area contributed by atoms with Crippen molar-refractivity contribution in [2.45, 2.75) is 58.5 Å².